The number of aromatic nitrogens is 1. The van der Waals surface area contributed by atoms with E-state index in [1.807, 2.05) is 6.92 Å². The predicted molar refractivity (Wildman–Crippen MR) is 87.8 cm³/mol. The van der Waals surface area contributed by atoms with Crippen LogP contribution in [0.1, 0.15) is 33.1 Å². The van der Waals surface area contributed by atoms with Gasteiger partial charge in [-0.15, -0.1) is 11.3 Å². The third-order valence-electron chi connectivity index (χ3n) is 3.49. The van der Waals surface area contributed by atoms with Gasteiger partial charge in [-0.05, 0) is 31.9 Å². The topological polar surface area (TPSA) is 97.2 Å². The quantitative estimate of drug-likeness (QED) is 0.626. The van der Waals surface area contributed by atoms with Gasteiger partial charge in [-0.2, -0.15) is 0 Å². The number of nitrogens with zero attached hydrogens (tertiary/aromatic N) is 2. The van der Waals surface area contributed by atoms with Crippen molar-refractivity contribution < 1.29 is 9.72 Å². The molecule has 2 N–H and O–H groups in total. The normalized spacial score (nSPS) is 13.6. The van der Waals surface area contributed by atoms with Crippen molar-refractivity contribution in [2.45, 2.75) is 32.4 Å². The molecule has 0 spiro atoms. The molecule has 2 aromatic rings. The van der Waals surface area contributed by atoms with Gasteiger partial charge in [-0.1, -0.05) is 0 Å². The number of aryl methyl sites for hydroxylation is 1. The highest BCUT2D eigenvalue weighted by atomic mass is 32.1. The molecule has 1 heterocycles. The minimum Gasteiger partial charge on any atom is -0.377 e. The summed E-state index contributed by atoms with van der Waals surface area (Å²) in [6.07, 6.45) is 3.76. The molecule has 1 aromatic carbocycles. The molecule has 0 saturated heterocycles. The van der Waals surface area contributed by atoms with Gasteiger partial charge >= 0.3 is 0 Å². The van der Waals surface area contributed by atoms with Gasteiger partial charge in [-0.25, -0.2) is 4.98 Å². The Balaban J connectivity index is 1.71. The standard InChI is InChI=1S/C15H16N4O3S/c1-9-16-7-12(23-9)8-17-15(20)10-2-5-13(18-11-3-4-11)14(6-10)19(21)22/h2,5-7,11,18H,3-4,8H2,1H3,(H,17,20). The van der Waals surface area contributed by atoms with Crippen molar-refractivity contribution in [3.63, 3.8) is 0 Å². The Morgan fingerprint density at radius 3 is 2.87 bits per heavy atom. The first-order valence-electron chi connectivity index (χ1n) is 7.27. The highest BCUT2D eigenvalue weighted by Crippen LogP contribution is 2.31. The van der Waals surface area contributed by atoms with Gasteiger partial charge in [0, 0.05) is 28.7 Å². The van der Waals surface area contributed by atoms with Gasteiger partial charge in [-0.3, -0.25) is 14.9 Å². The number of anilines is 1. The molecule has 1 aliphatic carbocycles. The Kier molecular flexibility index (Phi) is 4.24. The van der Waals surface area contributed by atoms with E-state index >= 15 is 0 Å². The van der Waals surface area contributed by atoms with E-state index < -0.39 is 4.92 Å². The summed E-state index contributed by atoms with van der Waals surface area (Å²) in [4.78, 5) is 28.0. The number of rotatable bonds is 6. The molecule has 0 radical (unpaired) electrons. The van der Waals surface area contributed by atoms with Crippen molar-refractivity contribution in [3.05, 3.63) is 50.0 Å². The van der Waals surface area contributed by atoms with Crippen LogP contribution in [-0.2, 0) is 6.54 Å². The fourth-order valence-corrected chi connectivity index (χ4v) is 2.88. The molecular formula is C15H16N4O3S. The second-order valence-corrected chi connectivity index (χ2v) is 6.76. The maximum atomic E-state index is 12.2. The monoisotopic (exact) mass is 332 g/mol. The zero-order valence-electron chi connectivity index (χ0n) is 12.5. The molecule has 1 saturated carbocycles. The fourth-order valence-electron chi connectivity index (χ4n) is 2.15. The van der Waals surface area contributed by atoms with E-state index in [9.17, 15) is 14.9 Å². The molecule has 1 aliphatic rings. The van der Waals surface area contributed by atoms with Crippen molar-refractivity contribution in [1.29, 1.82) is 0 Å². The van der Waals surface area contributed by atoms with Crippen LogP contribution >= 0.6 is 11.3 Å². The average Bonchev–Trinajstić information content (AvgIpc) is 3.24. The lowest BCUT2D eigenvalue weighted by Gasteiger charge is -2.08. The third kappa shape index (κ3) is 3.84. The van der Waals surface area contributed by atoms with E-state index in [-0.39, 0.29) is 17.2 Å². The summed E-state index contributed by atoms with van der Waals surface area (Å²) in [6, 6.07) is 4.83. The summed E-state index contributed by atoms with van der Waals surface area (Å²) in [5.41, 5.74) is 0.671. The van der Waals surface area contributed by atoms with Gasteiger partial charge < -0.3 is 10.6 Å². The molecule has 8 heteroatoms. The molecule has 120 valence electrons. The van der Waals surface area contributed by atoms with Crippen LogP contribution in [0.25, 0.3) is 0 Å². The van der Waals surface area contributed by atoms with Gasteiger partial charge in [0.1, 0.15) is 5.69 Å². The summed E-state index contributed by atoms with van der Waals surface area (Å²) in [6.45, 7) is 2.26. The van der Waals surface area contributed by atoms with Gasteiger partial charge in [0.25, 0.3) is 11.6 Å². The molecule has 7 nitrogen and oxygen atoms in total. The Bertz CT molecular complexity index is 755. The molecule has 0 unspecified atom stereocenters. The number of nitro benzene ring substituents is 1. The number of amides is 1. The summed E-state index contributed by atoms with van der Waals surface area (Å²) in [5, 5.41) is 18.0. The number of nitrogens with one attached hydrogen (secondary N) is 2. The molecule has 0 atom stereocenters. The number of thiazole rings is 1. The lowest BCUT2D eigenvalue weighted by molar-refractivity contribution is -0.384. The smallest absolute Gasteiger partial charge is 0.293 e. The molecule has 1 aromatic heterocycles. The molecule has 0 aliphatic heterocycles. The van der Waals surface area contributed by atoms with Crippen LogP contribution < -0.4 is 10.6 Å². The van der Waals surface area contributed by atoms with Crippen molar-refractivity contribution >= 4 is 28.6 Å². The third-order valence-corrected chi connectivity index (χ3v) is 4.40. The van der Waals surface area contributed by atoms with Gasteiger partial charge in [0.15, 0.2) is 0 Å². The first-order valence-corrected chi connectivity index (χ1v) is 8.09. The number of carbonyl (C=O) groups is 1. The van der Waals surface area contributed by atoms with Crippen molar-refractivity contribution in [1.82, 2.24) is 10.3 Å². The number of benzene rings is 1. The van der Waals surface area contributed by atoms with Crippen LogP contribution in [0.5, 0.6) is 0 Å². The highest BCUT2D eigenvalue weighted by molar-refractivity contribution is 7.11. The van der Waals surface area contributed by atoms with Crippen LogP contribution in [0.2, 0.25) is 0 Å². The van der Waals surface area contributed by atoms with Gasteiger partial charge in [0.2, 0.25) is 0 Å². The molecule has 0 bridgehead atoms. The van der Waals surface area contributed by atoms with E-state index in [1.54, 1.807) is 18.3 Å². The second-order valence-electron chi connectivity index (χ2n) is 5.44. The Hall–Kier alpha value is -2.48. The van der Waals surface area contributed by atoms with E-state index in [1.165, 1.54) is 17.4 Å². The highest BCUT2D eigenvalue weighted by Gasteiger charge is 2.25. The van der Waals surface area contributed by atoms with E-state index in [2.05, 4.69) is 15.6 Å². The SMILES string of the molecule is Cc1ncc(CNC(=O)c2ccc(NC3CC3)c([N+](=O)[O-])c2)s1. The summed E-state index contributed by atoms with van der Waals surface area (Å²) >= 11 is 1.51. The van der Waals surface area contributed by atoms with Crippen LogP contribution in [0, 0.1) is 17.0 Å². The van der Waals surface area contributed by atoms with Crippen LogP contribution in [0.15, 0.2) is 24.4 Å². The number of nitro groups is 1. The van der Waals surface area contributed by atoms with E-state index in [0.29, 0.717) is 18.3 Å². The predicted octanol–water partition coefficient (Wildman–Crippen LogP) is 2.86. The van der Waals surface area contributed by atoms with Crippen LogP contribution in [0.4, 0.5) is 11.4 Å². The first kappa shape index (κ1) is 15.4. The number of carbonyl (C=O) groups excluding carboxylic acids is 1. The van der Waals surface area contributed by atoms with Crippen LogP contribution in [0.3, 0.4) is 0 Å². The molecule has 1 amide bonds. The maximum Gasteiger partial charge on any atom is 0.293 e. The number of hydrogen-bond acceptors (Lipinski definition) is 6. The minimum atomic E-state index is -0.464. The number of hydrogen-bond donors (Lipinski definition) is 2. The molecule has 1 fully saturated rings. The molecular weight excluding hydrogens is 316 g/mol. The molecule has 3 rings (SSSR count). The summed E-state index contributed by atoms with van der Waals surface area (Å²) in [5.74, 6) is -0.336. The largest absolute Gasteiger partial charge is 0.377 e. The first-order chi connectivity index (χ1) is 11.0. The fraction of sp³-hybridized carbons (Fsp3) is 0.333. The van der Waals surface area contributed by atoms with E-state index in [0.717, 1.165) is 22.7 Å². The Morgan fingerprint density at radius 1 is 1.48 bits per heavy atom. The Morgan fingerprint density at radius 2 is 2.26 bits per heavy atom. The average molecular weight is 332 g/mol. The van der Waals surface area contributed by atoms with Crippen molar-refractivity contribution in [2.24, 2.45) is 0 Å². The van der Waals surface area contributed by atoms with Crippen molar-refractivity contribution in [3.8, 4) is 0 Å². The zero-order chi connectivity index (χ0) is 16.4. The maximum absolute atomic E-state index is 12.2. The van der Waals surface area contributed by atoms with Crippen LogP contribution in [-0.4, -0.2) is 21.9 Å². The Labute approximate surface area is 136 Å². The lowest BCUT2D eigenvalue weighted by atomic mass is 10.1. The summed E-state index contributed by atoms with van der Waals surface area (Å²) < 4.78 is 0. The molecule has 23 heavy (non-hydrogen) atoms. The van der Waals surface area contributed by atoms with Gasteiger partial charge in [0.05, 0.1) is 16.5 Å². The van der Waals surface area contributed by atoms with Crippen molar-refractivity contribution in [2.75, 3.05) is 5.32 Å². The minimum absolute atomic E-state index is 0.0711. The van der Waals surface area contributed by atoms with E-state index in [4.69, 9.17) is 0 Å². The lowest BCUT2D eigenvalue weighted by Crippen LogP contribution is -2.22. The zero-order valence-corrected chi connectivity index (χ0v) is 13.4. The summed E-state index contributed by atoms with van der Waals surface area (Å²) in [7, 11) is 0. The second kappa shape index (κ2) is 6.33.